The molecule has 0 aromatic carbocycles. The summed E-state index contributed by atoms with van der Waals surface area (Å²) in [4.78, 5) is 0. The van der Waals surface area contributed by atoms with Crippen molar-refractivity contribution in [2.75, 3.05) is 20.3 Å². The number of nitrogens with zero attached hydrogens (tertiary/aromatic N) is 1. The first-order valence-corrected chi connectivity index (χ1v) is 9.14. The molecule has 20 heavy (non-hydrogen) atoms. The highest BCUT2D eigenvalue weighted by Crippen LogP contribution is 2.34. The summed E-state index contributed by atoms with van der Waals surface area (Å²) in [6, 6.07) is 3.34. The number of methoxy groups -OCH3 is 1. The molecule has 2 heterocycles. The lowest BCUT2D eigenvalue weighted by Crippen LogP contribution is -2.56. The van der Waals surface area contributed by atoms with Crippen LogP contribution in [0.1, 0.15) is 19.3 Å². The largest absolute Gasteiger partial charge is 0.381 e. The Morgan fingerprint density at radius 1 is 1.45 bits per heavy atom. The second-order valence-electron chi connectivity index (χ2n) is 5.20. The maximum absolute atomic E-state index is 12.7. The average molecular weight is 317 g/mol. The van der Waals surface area contributed by atoms with E-state index in [0.717, 1.165) is 12.8 Å². The monoisotopic (exact) mass is 317 g/mol. The van der Waals surface area contributed by atoms with E-state index < -0.39 is 10.0 Å². The maximum Gasteiger partial charge on any atom is 0.252 e. The summed E-state index contributed by atoms with van der Waals surface area (Å²) in [5.41, 5.74) is 0. The normalized spacial score (nSPS) is 31.9. The molecule has 1 saturated heterocycles. The van der Waals surface area contributed by atoms with E-state index in [9.17, 15) is 8.42 Å². The topological polar surface area (TPSA) is 55.8 Å². The quantitative estimate of drug-likeness (QED) is 0.851. The van der Waals surface area contributed by atoms with Gasteiger partial charge in [0.2, 0.25) is 0 Å². The highest BCUT2D eigenvalue weighted by atomic mass is 32.2. The van der Waals surface area contributed by atoms with Crippen molar-refractivity contribution >= 4 is 21.4 Å². The summed E-state index contributed by atoms with van der Waals surface area (Å²) < 4.78 is 38.7. The first kappa shape index (κ1) is 14.5. The van der Waals surface area contributed by atoms with Gasteiger partial charge in [-0.05, 0) is 30.7 Å². The van der Waals surface area contributed by atoms with E-state index in [0.29, 0.717) is 23.8 Å². The van der Waals surface area contributed by atoms with Gasteiger partial charge >= 0.3 is 0 Å². The third kappa shape index (κ3) is 2.53. The lowest BCUT2D eigenvalue weighted by Gasteiger charge is -2.44. The van der Waals surface area contributed by atoms with Crippen LogP contribution in [0.15, 0.2) is 21.7 Å². The highest BCUT2D eigenvalue weighted by molar-refractivity contribution is 7.91. The van der Waals surface area contributed by atoms with Gasteiger partial charge in [0.25, 0.3) is 10.0 Å². The van der Waals surface area contributed by atoms with E-state index in [1.165, 1.54) is 11.3 Å². The fourth-order valence-electron chi connectivity index (χ4n) is 3.08. The molecule has 3 unspecified atom stereocenters. The molecule has 2 fully saturated rings. The molecule has 1 saturated carbocycles. The Balaban J connectivity index is 1.88. The molecular weight excluding hydrogens is 298 g/mol. The van der Waals surface area contributed by atoms with Gasteiger partial charge in [-0.1, -0.05) is 6.07 Å². The van der Waals surface area contributed by atoms with Gasteiger partial charge in [0.15, 0.2) is 0 Å². The van der Waals surface area contributed by atoms with Crippen molar-refractivity contribution in [3.8, 4) is 0 Å². The lowest BCUT2D eigenvalue weighted by molar-refractivity contribution is -0.0883. The molecule has 0 amide bonds. The molecule has 0 N–H and O–H groups in total. The van der Waals surface area contributed by atoms with Gasteiger partial charge in [0, 0.05) is 13.7 Å². The molecule has 1 aliphatic heterocycles. The van der Waals surface area contributed by atoms with Crippen LogP contribution in [-0.2, 0) is 19.5 Å². The Kier molecular flexibility index (Phi) is 4.14. The van der Waals surface area contributed by atoms with Gasteiger partial charge in [-0.25, -0.2) is 8.42 Å². The van der Waals surface area contributed by atoms with Gasteiger partial charge < -0.3 is 9.47 Å². The SMILES string of the molecule is COC1CCC2OCCN(S(=O)(=O)c3cccs3)C2C1. The molecule has 3 atom stereocenters. The standard InChI is InChI=1S/C13H19NO4S2/c1-17-10-4-5-12-11(9-10)14(6-7-18-12)20(15,16)13-3-2-8-19-13/h2-3,8,10-12H,4-7,9H2,1H3. The molecule has 1 aromatic rings. The van der Waals surface area contributed by atoms with Gasteiger partial charge in [0.05, 0.1) is 24.9 Å². The molecule has 3 rings (SSSR count). The van der Waals surface area contributed by atoms with E-state index in [4.69, 9.17) is 9.47 Å². The second-order valence-corrected chi connectivity index (χ2v) is 8.26. The molecule has 1 aliphatic carbocycles. The van der Waals surface area contributed by atoms with Gasteiger partial charge in [-0.3, -0.25) is 0 Å². The zero-order valence-electron chi connectivity index (χ0n) is 11.4. The molecular formula is C13H19NO4S2. The number of thiophene rings is 1. The van der Waals surface area contributed by atoms with Crippen LogP contribution in [-0.4, -0.2) is 51.2 Å². The number of hydrogen-bond donors (Lipinski definition) is 0. The molecule has 0 bridgehead atoms. The van der Waals surface area contributed by atoms with Crippen LogP contribution < -0.4 is 0 Å². The molecule has 1 aromatic heterocycles. The van der Waals surface area contributed by atoms with Gasteiger partial charge in [-0.2, -0.15) is 4.31 Å². The van der Waals surface area contributed by atoms with E-state index in [2.05, 4.69) is 0 Å². The maximum atomic E-state index is 12.7. The second kappa shape index (κ2) is 5.73. The molecule has 7 heteroatoms. The predicted octanol–water partition coefficient (Wildman–Crippen LogP) is 1.71. The summed E-state index contributed by atoms with van der Waals surface area (Å²) in [5.74, 6) is 0. The van der Waals surface area contributed by atoms with Crippen molar-refractivity contribution in [1.29, 1.82) is 0 Å². The van der Waals surface area contributed by atoms with Crippen molar-refractivity contribution in [2.24, 2.45) is 0 Å². The van der Waals surface area contributed by atoms with Crippen LogP contribution >= 0.6 is 11.3 Å². The van der Waals surface area contributed by atoms with Crippen molar-refractivity contribution in [3.05, 3.63) is 17.5 Å². The van der Waals surface area contributed by atoms with E-state index in [1.54, 1.807) is 28.9 Å². The summed E-state index contributed by atoms with van der Waals surface area (Å²) in [6.45, 7) is 0.904. The van der Waals surface area contributed by atoms with Crippen LogP contribution in [0.4, 0.5) is 0 Å². The van der Waals surface area contributed by atoms with Crippen LogP contribution in [0, 0.1) is 0 Å². The molecule has 2 aliphatic rings. The van der Waals surface area contributed by atoms with Crippen molar-refractivity contribution in [3.63, 3.8) is 0 Å². The van der Waals surface area contributed by atoms with Crippen molar-refractivity contribution in [1.82, 2.24) is 4.31 Å². The number of sulfonamides is 1. The molecule has 0 radical (unpaired) electrons. The number of rotatable bonds is 3. The number of fused-ring (bicyclic) bond motifs is 1. The summed E-state index contributed by atoms with van der Waals surface area (Å²) in [6.07, 6.45) is 2.64. The third-order valence-electron chi connectivity index (χ3n) is 4.11. The summed E-state index contributed by atoms with van der Waals surface area (Å²) >= 11 is 1.27. The third-order valence-corrected chi connectivity index (χ3v) is 7.41. The zero-order valence-corrected chi connectivity index (χ0v) is 13.0. The van der Waals surface area contributed by atoms with Crippen LogP contribution in [0.2, 0.25) is 0 Å². The number of morpholine rings is 1. The highest BCUT2D eigenvalue weighted by Gasteiger charge is 2.43. The molecule has 5 nitrogen and oxygen atoms in total. The Labute approximate surface area is 123 Å². The average Bonchev–Trinajstić information content (AvgIpc) is 3.01. The minimum atomic E-state index is -3.40. The summed E-state index contributed by atoms with van der Waals surface area (Å²) in [5, 5.41) is 1.80. The molecule has 112 valence electrons. The van der Waals surface area contributed by atoms with Crippen LogP contribution in [0.25, 0.3) is 0 Å². The first-order chi connectivity index (χ1) is 9.63. The van der Waals surface area contributed by atoms with Gasteiger partial charge in [0.1, 0.15) is 4.21 Å². The predicted molar refractivity (Wildman–Crippen MR) is 76.4 cm³/mol. The fourth-order valence-corrected chi connectivity index (χ4v) is 5.84. The van der Waals surface area contributed by atoms with Gasteiger partial charge in [-0.15, -0.1) is 11.3 Å². The smallest absolute Gasteiger partial charge is 0.252 e. The van der Waals surface area contributed by atoms with E-state index in [1.807, 2.05) is 0 Å². The number of hydrogen-bond acceptors (Lipinski definition) is 5. The minimum Gasteiger partial charge on any atom is -0.381 e. The Bertz CT molecular complexity index is 543. The van der Waals surface area contributed by atoms with E-state index in [-0.39, 0.29) is 18.2 Å². The van der Waals surface area contributed by atoms with Crippen molar-refractivity contribution < 1.29 is 17.9 Å². The number of ether oxygens (including phenoxy) is 2. The van der Waals surface area contributed by atoms with Crippen LogP contribution in [0.5, 0.6) is 0 Å². The van der Waals surface area contributed by atoms with E-state index >= 15 is 0 Å². The summed E-state index contributed by atoms with van der Waals surface area (Å²) in [7, 11) is -1.72. The zero-order chi connectivity index (χ0) is 14.2. The molecule has 0 spiro atoms. The minimum absolute atomic E-state index is 0.00453. The Morgan fingerprint density at radius 3 is 3.00 bits per heavy atom. The van der Waals surface area contributed by atoms with Crippen molar-refractivity contribution in [2.45, 2.75) is 41.7 Å². The lowest BCUT2D eigenvalue weighted by atomic mass is 9.89. The van der Waals surface area contributed by atoms with Crippen LogP contribution in [0.3, 0.4) is 0 Å². The fraction of sp³-hybridized carbons (Fsp3) is 0.692. The first-order valence-electron chi connectivity index (χ1n) is 6.82. The Hall–Kier alpha value is -0.470. The Morgan fingerprint density at radius 2 is 2.30 bits per heavy atom.